The lowest BCUT2D eigenvalue weighted by molar-refractivity contribution is 0.642. The fourth-order valence-electron chi connectivity index (χ4n) is 2.00. The van der Waals surface area contributed by atoms with Gasteiger partial charge in [0.15, 0.2) is 5.16 Å². The van der Waals surface area contributed by atoms with Gasteiger partial charge in [-0.3, -0.25) is 4.57 Å². The van der Waals surface area contributed by atoms with Crippen LogP contribution in [0.25, 0.3) is 0 Å². The molecule has 1 fully saturated rings. The van der Waals surface area contributed by atoms with E-state index in [2.05, 4.69) is 10.2 Å². The van der Waals surface area contributed by atoms with Crippen molar-refractivity contribution in [2.75, 3.05) is 0 Å². The smallest absolute Gasteiger partial charge is 0.324 e. The van der Waals surface area contributed by atoms with E-state index in [0.717, 1.165) is 23.3 Å². The fraction of sp³-hybridized carbons (Fsp3) is 0.385. The van der Waals surface area contributed by atoms with Crippen molar-refractivity contribution in [1.82, 2.24) is 14.8 Å². The molecule has 0 saturated heterocycles. The van der Waals surface area contributed by atoms with Crippen LogP contribution in [0.4, 0.5) is 0 Å². The number of nitrogens with one attached hydrogen (secondary N) is 1. The van der Waals surface area contributed by atoms with Gasteiger partial charge in [-0.05, 0) is 49.2 Å². The number of aromatic nitrogens is 3. The van der Waals surface area contributed by atoms with Gasteiger partial charge in [0, 0.05) is 17.0 Å². The molecule has 1 aromatic heterocycles. The van der Waals surface area contributed by atoms with Crippen molar-refractivity contribution in [3.63, 3.8) is 0 Å². The zero-order chi connectivity index (χ0) is 14.3. The molecule has 3 rings (SSSR count). The average molecular weight is 311 g/mol. The third-order valence-corrected chi connectivity index (χ3v) is 4.74. The van der Waals surface area contributed by atoms with Gasteiger partial charge < -0.3 is 5.73 Å². The molecular weight excluding hydrogens is 296 g/mol. The molecule has 1 atom stereocenters. The Labute approximate surface area is 125 Å². The van der Waals surface area contributed by atoms with Crippen molar-refractivity contribution in [3.05, 3.63) is 39.3 Å². The van der Waals surface area contributed by atoms with Gasteiger partial charge in [0.25, 0.3) is 0 Å². The van der Waals surface area contributed by atoms with Crippen molar-refractivity contribution in [2.45, 2.75) is 41.9 Å². The predicted molar refractivity (Wildman–Crippen MR) is 79.3 cm³/mol. The Hall–Kier alpha value is -1.24. The second-order valence-corrected chi connectivity index (χ2v) is 6.41. The van der Waals surface area contributed by atoms with E-state index in [4.69, 9.17) is 17.3 Å². The fourth-order valence-corrected chi connectivity index (χ4v) is 3.21. The Balaban J connectivity index is 1.90. The molecule has 5 nitrogen and oxygen atoms in total. The summed E-state index contributed by atoms with van der Waals surface area (Å²) in [5.74, 6) is 0. The van der Waals surface area contributed by atoms with Gasteiger partial charge in [-0.2, -0.15) is 0 Å². The summed E-state index contributed by atoms with van der Waals surface area (Å²) in [6.45, 7) is 1.91. The molecular formula is C13H15ClN4OS. The second kappa shape index (κ2) is 5.27. The lowest BCUT2D eigenvalue weighted by atomic mass is 10.1. The van der Waals surface area contributed by atoms with Crippen LogP contribution in [0.3, 0.4) is 0 Å². The Morgan fingerprint density at radius 3 is 2.90 bits per heavy atom. The molecule has 7 heteroatoms. The summed E-state index contributed by atoms with van der Waals surface area (Å²) in [4.78, 5) is 12.6. The van der Waals surface area contributed by atoms with Crippen molar-refractivity contribution >= 4 is 23.4 Å². The molecule has 0 radical (unpaired) electrons. The molecule has 1 heterocycles. The van der Waals surface area contributed by atoms with E-state index in [0.29, 0.717) is 10.2 Å². The molecule has 1 aromatic carbocycles. The number of hydrogen-bond donors (Lipinski definition) is 2. The van der Waals surface area contributed by atoms with E-state index in [1.165, 1.54) is 11.8 Å². The number of benzene rings is 1. The van der Waals surface area contributed by atoms with E-state index >= 15 is 0 Å². The maximum atomic E-state index is 11.7. The minimum atomic E-state index is -0.154. The van der Waals surface area contributed by atoms with Gasteiger partial charge >= 0.3 is 5.69 Å². The summed E-state index contributed by atoms with van der Waals surface area (Å²) in [5.41, 5.74) is 6.67. The maximum absolute atomic E-state index is 11.7. The Bertz CT molecular complexity index is 690. The number of hydrogen-bond acceptors (Lipinski definition) is 4. The van der Waals surface area contributed by atoms with Crippen LogP contribution in [0.1, 0.15) is 37.4 Å². The van der Waals surface area contributed by atoms with E-state index < -0.39 is 0 Å². The highest BCUT2D eigenvalue weighted by Gasteiger charge is 2.28. The first-order valence-electron chi connectivity index (χ1n) is 6.46. The number of nitrogens with zero attached hydrogens (tertiary/aromatic N) is 2. The van der Waals surface area contributed by atoms with E-state index in [-0.39, 0.29) is 17.8 Å². The monoisotopic (exact) mass is 310 g/mol. The molecule has 1 saturated carbocycles. The van der Waals surface area contributed by atoms with Crippen LogP contribution in [-0.4, -0.2) is 14.8 Å². The lowest BCUT2D eigenvalue weighted by Crippen LogP contribution is -2.16. The van der Waals surface area contributed by atoms with Crippen LogP contribution in [0.15, 0.2) is 33.0 Å². The zero-order valence-electron chi connectivity index (χ0n) is 11.0. The van der Waals surface area contributed by atoms with Gasteiger partial charge in [-0.1, -0.05) is 17.7 Å². The van der Waals surface area contributed by atoms with Crippen LogP contribution in [-0.2, 0) is 0 Å². The van der Waals surface area contributed by atoms with Gasteiger partial charge in [-0.25, -0.2) is 9.89 Å². The highest BCUT2D eigenvalue weighted by molar-refractivity contribution is 7.99. The Kier molecular flexibility index (Phi) is 3.62. The first-order valence-corrected chi connectivity index (χ1v) is 7.65. The first-order chi connectivity index (χ1) is 9.56. The molecule has 106 valence electrons. The summed E-state index contributed by atoms with van der Waals surface area (Å²) >= 11 is 7.67. The standard InChI is InChI=1S/C13H15ClN4OS/c1-7(15)8-2-5-11(10(14)6-8)20-13-17-16-12(19)18(13)9-3-4-9/h2,5-7,9H,3-4,15H2,1H3,(H,16,19). The topological polar surface area (TPSA) is 76.7 Å². The third kappa shape index (κ3) is 2.63. The highest BCUT2D eigenvalue weighted by Crippen LogP contribution is 2.39. The average Bonchev–Trinajstić information content (AvgIpc) is 3.17. The molecule has 0 spiro atoms. The number of nitrogens with two attached hydrogens (primary N) is 1. The van der Waals surface area contributed by atoms with Gasteiger partial charge in [0.1, 0.15) is 0 Å². The van der Waals surface area contributed by atoms with E-state index in [9.17, 15) is 4.79 Å². The van der Waals surface area contributed by atoms with Gasteiger partial charge in [0.2, 0.25) is 0 Å². The summed E-state index contributed by atoms with van der Waals surface area (Å²) < 4.78 is 1.71. The highest BCUT2D eigenvalue weighted by atomic mass is 35.5. The van der Waals surface area contributed by atoms with Crippen molar-refractivity contribution in [2.24, 2.45) is 5.73 Å². The number of H-pyrrole nitrogens is 1. The Morgan fingerprint density at radius 1 is 1.55 bits per heavy atom. The summed E-state index contributed by atoms with van der Waals surface area (Å²) in [5, 5.41) is 7.86. The molecule has 0 aliphatic heterocycles. The second-order valence-electron chi connectivity index (χ2n) is 4.99. The van der Waals surface area contributed by atoms with Crippen LogP contribution in [0, 0.1) is 0 Å². The van der Waals surface area contributed by atoms with Gasteiger partial charge in [-0.15, -0.1) is 5.10 Å². The minimum Gasteiger partial charge on any atom is -0.324 e. The minimum absolute atomic E-state index is 0.0541. The Morgan fingerprint density at radius 2 is 2.30 bits per heavy atom. The molecule has 1 unspecified atom stereocenters. The quantitative estimate of drug-likeness (QED) is 0.910. The molecule has 3 N–H and O–H groups in total. The van der Waals surface area contributed by atoms with Crippen LogP contribution in [0.2, 0.25) is 5.02 Å². The van der Waals surface area contributed by atoms with Crippen LogP contribution < -0.4 is 11.4 Å². The van der Waals surface area contributed by atoms with Crippen molar-refractivity contribution < 1.29 is 0 Å². The van der Waals surface area contributed by atoms with E-state index in [1.807, 2.05) is 25.1 Å². The van der Waals surface area contributed by atoms with Crippen molar-refractivity contribution in [3.8, 4) is 0 Å². The number of rotatable bonds is 4. The van der Waals surface area contributed by atoms with Gasteiger partial charge in [0.05, 0.1) is 5.02 Å². The summed E-state index contributed by atoms with van der Waals surface area (Å²) in [6, 6.07) is 5.96. The summed E-state index contributed by atoms with van der Waals surface area (Å²) in [7, 11) is 0. The van der Waals surface area contributed by atoms with Crippen LogP contribution >= 0.6 is 23.4 Å². The molecule has 0 bridgehead atoms. The lowest BCUT2D eigenvalue weighted by Gasteiger charge is -2.09. The molecule has 20 heavy (non-hydrogen) atoms. The molecule has 1 aliphatic rings. The maximum Gasteiger partial charge on any atom is 0.344 e. The molecule has 0 amide bonds. The SMILES string of the molecule is CC(N)c1ccc(Sc2n[nH]c(=O)n2C2CC2)c(Cl)c1. The number of halogens is 1. The van der Waals surface area contributed by atoms with E-state index in [1.54, 1.807) is 4.57 Å². The first kappa shape index (κ1) is 13.7. The normalized spacial score (nSPS) is 16.4. The third-order valence-electron chi connectivity index (χ3n) is 3.27. The van der Waals surface area contributed by atoms with Crippen molar-refractivity contribution in [1.29, 1.82) is 0 Å². The molecule has 1 aliphatic carbocycles. The largest absolute Gasteiger partial charge is 0.344 e. The number of aromatic amines is 1. The zero-order valence-corrected chi connectivity index (χ0v) is 12.5. The predicted octanol–water partition coefficient (Wildman–Crippen LogP) is 2.73. The van der Waals surface area contributed by atoms with Crippen LogP contribution in [0.5, 0.6) is 0 Å². The molecule has 2 aromatic rings. The summed E-state index contributed by atoms with van der Waals surface area (Å²) in [6.07, 6.45) is 2.06.